The molecule has 1 fully saturated rings. The first kappa shape index (κ1) is 18.8. The van der Waals surface area contributed by atoms with Crippen LogP contribution >= 0.6 is 12.4 Å². The maximum atomic E-state index is 12.7. The second kappa shape index (κ2) is 7.83. The molecule has 0 aromatic heterocycles. The first-order chi connectivity index (χ1) is 9.91. The molecule has 0 radical (unpaired) electrons. The molecule has 22 heavy (non-hydrogen) atoms. The highest BCUT2D eigenvalue weighted by Gasteiger charge is 2.31. The van der Waals surface area contributed by atoms with Crippen molar-refractivity contribution in [3.05, 3.63) is 35.4 Å². The van der Waals surface area contributed by atoms with Gasteiger partial charge in [0.1, 0.15) is 0 Å². The molecule has 1 heterocycles. The minimum absolute atomic E-state index is 0. The van der Waals surface area contributed by atoms with Gasteiger partial charge in [0.15, 0.2) is 0 Å². The normalized spacial score (nSPS) is 18.7. The van der Waals surface area contributed by atoms with Gasteiger partial charge in [-0.2, -0.15) is 13.2 Å². The monoisotopic (exact) mass is 336 g/mol. The molecule has 0 aliphatic carbocycles. The standard InChI is InChI=1S/C15H19F3N2O.ClH/c16-15(17,18)12-5-3-4-11(8-12)9-14(21)20-7-2-1-6-13(20)10-19;/h3-5,8,13H,1-2,6-7,9-10,19H2;1H. The van der Waals surface area contributed by atoms with Gasteiger partial charge >= 0.3 is 6.18 Å². The third-order valence-corrected chi connectivity index (χ3v) is 3.83. The molecule has 2 rings (SSSR count). The summed E-state index contributed by atoms with van der Waals surface area (Å²) < 4.78 is 38.0. The SMILES string of the molecule is Cl.NCC1CCCCN1C(=O)Cc1cccc(C(F)(F)F)c1. The van der Waals surface area contributed by atoms with Gasteiger partial charge in [-0.15, -0.1) is 12.4 Å². The fourth-order valence-electron chi connectivity index (χ4n) is 2.71. The van der Waals surface area contributed by atoms with Crippen molar-refractivity contribution < 1.29 is 18.0 Å². The minimum Gasteiger partial charge on any atom is -0.338 e. The smallest absolute Gasteiger partial charge is 0.338 e. The number of nitrogens with two attached hydrogens (primary N) is 1. The maximum absolute atomic E-state index is 12.7. The number of nitrogens with zero attached hydrogens (tertiary/aromatic N) is 1. The molecule has 124 valence electrons. The topological polar surface area (TPSA) is 46.3 Å². The Bertz CT molecular complexity index is 508. The number of rotatable bonds is 3. The lowest BCUT2D eigenvalue weighted by Gasteiger charge is -2.35. The van der Waals surface area contributed by atoms with Crippen molar-refractivity contribution in [2.45, 2.75) is 37.9 Å². The van der Waals surface area contributed by atoms with Crippen LogP contribution in [-0.2, 0) is 17.4 Å². The summed E-state index contributed by atoms with van der Waals surface area (Å²) in [5.74, 6) is -0.149. The molecule has 0 spiro atoms. The van der Waals surface area contributed by atoms with E-state index in [2.05, 4.69) is 0 Å². The van der Waals surface area contributed by atoms with E-state index in [0.29, 0.717) is 18.7 Å². The zero-order chi connectivity index (χ0) is 15.5. The quantitative estimate of drug-likeness (QED) is 0.922. The molecular weight excluding hydrogens is 317 g/mol. The van der Waals surface area contributed by atoms with Gasteiger partial charge in [-0.1, -0.05) is 18.2 Å². The van der Waals surface area contributed by atoms with Crippen molar-refractivity contribution >= 4 is 18.3 Å². The number of carbonyl (C=O) groups is 1. The van der Waals surface area contributed by atoms with Crippen LogP contribution in [0.15, 0.2) is 24.3 Å². The molecule has 1 saturated heterocycles. The van der Waals surface area contributed by atoms with Gasteiger partial charge in [0, 0.05) is 19.1 Å². The first-order valence-corrected chi connectivity index (χ1v) is 7.07. The number of hydrogen-bond acceptors (Lipinski definition) is 2. The summed E-state index contributed by atoms with van der Waals surface area (Å²) in [6, 6.07) is 4.95. The van der Waals surface area contributed by atoms with E-state index in [4.69, 9.17) is 5.73 Å². The summed E-state index contributed by atoms with van der Waals surface area (Å²) in [4.78, 5) is 14.0. The van der Waals surface area contributed by atoms with Crippen LogP contribution in [0.5, 0.6) is 0 Å². The Morgan fingerprint density at radius 3 is 2.68 bits per heavy atom. The summed E-state index contributed by atoms with van der Waals surface area (Å²) in [5, 5.41) is 0. The Hall–Kier alpha value is -1.27. The van der Waals surface area contributed by atoms with Gasteiger partial charge in [-0.25, -0.2) is 0 Å². The number of halogens is 4. The average molecular weight is 337 g/mol. The number of piperidine rings is 1. The van der Waals surface area contributed by atoms with Crippen LogP contribution in [0.1, 0.15) is 30.4 Å². The van der Waals surface area contributed by atoms with Crippen molar-refractivity contribution in [3.8, 4) is 0 Å². The lowest BCUT2D eigenvalue weighted by Crippen LogP contribution is -2.48. The zero-order valence-electron chi connectivity index (χ0n) is 12.1. The Balaban J connectivity index is 0.00000242. The first-order valence-electron chi connectivity index (χ1n) is 7.07. The van der Waals surface area contributed by atoms with Crippen LogP contribution < -0.4 is 5.73 Å². The van der Waals surface area contributed by atoms with E-state index in [-0.39, 0.29) is 30.8 Å². The lowest BCUT2D eigenvalue weighted by molar-refractivity contribution is -0.138. The molecule has 1 aliphatic heterocycles. The van der Waals surface area contributed by atoms with Crippen molar-refractivity contribution in [1.29, 1.82) is 0 Å². The highest BCUT2D eigenvalue weighted by molar-refractivity contribution is 5.85. The van der Waals surface area contributed by atoms with E-state index in [1.807, 2.05) is 0 Å². The highest BCUT2D eigenvalue weighted by Crippen LogP contribution is 2.29. The van der Waals surface area contributed by atoms with E-state index >= 15 is 0 Å². The van der Waals surface area contributed by atoms with Gasteiger partial charge in [0.25, 0.3) is 0 Å². The van der Waals surface area contributed by atoms with Crippen LogP contribution in [0, 0.1) is 0 Å². The maximum Gasteiger partial charge on any atom is 0.416 e. The predicted octanol–water partition coefficient (Wildman–Crippen LogP) is 3.01. The number of alkyl halides is 3. The van der Waals surface area contributed by atoms with Crippen molar-refractivity contribution in [2.24, 2.45) is 5.73 Å². The Labute approximate surface area is 134 Å². The predicted molar refractivity (Wildman–Crippen MR) is 80.8 cm³/mol. The van der Waals surface area contributed by atoms with Crippen LogP contribution in [0.25, 0.3) is 0 Å². The Morgan fingerprint density at radius 1 is 1.32 bits per heavy atom. The third kappa shape index (κ3) is 4.61. The van der Waals surface area contributed by atoms with E-state index < -0.39 is 11.7 Å². The molecule has 1 aliphatic rings. The molecule has 1 aromatic carbocycles. The summed E-state index contributed by atoms with van der Waals surface area (Å²) in [6.45, 7) is 1.04. The number of hydrogen-bond donors (Lipinski definition) is 1. The molecule has 1 aromatic rings. The highest BCUT2D eigenvalue weighted by atomic mass is 35.5. The molecular formula is C15H20ClF3N2O. The molecule has 0 saturated carbocycles. The summed E-state index contributed by atoms with van der Waals surface area (Å²) >= 11 is 0. The van der Waals surface area contributed by atoms with Crippen LogP contribution in [0.3, 0.4) is 0 Å². The van der Waals surface area contributed by atoms with E-state index in [9.17, 15) is 18.0 Å². The van der Waals surface area contributed by atoms with E-state index in [0.717, 1.165) is 31.4 Å². The average Bonchev–Trinajstić information content (AvgIpc) is 2.46. The largest absolute Gasteiger partial charge is 0.416 e. The van der Waals surface area contributed by atoms with Crippen LogP contribution in [0.2, 0.25) is 0 Å². The fourth-order valence-corrected chi connectivity index (χ4v) is 2.71. The molecule has 1 unspecified atom stereocenters. The van der Waals surface area contributed by atoms with Gasteiger partial charge in [0.05, 0.1) is 12.0 Å². The molecule has 1 atom stereocenters. The molecule has 7 heteroatoms. The zero-order valence-corrected chi connectivity index (χ0v) is 12.9. The third-order valence-electron chi connectivity index (χ3n) is 3.83. The Kier molecular flexibility index (Phi) is 6.68. The van der Waals surface area contributed by atoms with Crippen LogP contribution in [0.4, 0.5) is 13.2 Å². The number of benzene rings is 1. The summed E-state index contributed by atoms with van der Waals surface area (Å²) in [5.41, 5.74) is 5.33. The lowest BCUT2D eigenvalue weighted by atomic mass is 10.0. The Morgan fingerprint density at radius 2 is 2.05 bits per heavy atom. The summed E-state index contributed by atoms with van der Waals surface area (Å²) in [6.07, 6.45) is -1.57. The summed E-state index contributed by atoms with van der Waals surface area (Å²) in [7, 11) is 0. The molecule has 0 bridgehead atoms. The number of carbonyl (C=O) groups excluding carboxylic acids is 1. The van der Waals surface area contributed by atoms with Crippen molar-refractivity contribution in [1.82, 2.24) is 4.90 Å². The van der Waals surface area contributed by atoms with Gasteiger partial charge in [-0.05, 0) is 30.9 Å². The van der Waals surface area contributed by atoms with E-state index in [1.165, 1.54) is 6.07 Å². The van der Waals surface area contributed by atoms with Crippen LogP contribution in [-0.4, -0.2) is 29.9 Å². The van der Waals surface area contributed by atoms with Gasteiger partial charge < -0.3 is 10.6 Å². The second-order valence-corrected chi connectivity index (χ2v) is 5.35. The number of amides is 1. The minimum atomic E-state index is -4.38. The fraction of sp³-hybridized carbons (Fsp3) is 0.533. The second-order valence-electron chi connectivity index (χ2n) is 5.35. The van der Waals surface area contributed by atoms with E-state index in [1.54, 1.807) is 11.0 Å². The van der Waals surface area contributed by atoms with Crippen molar-refractivity contribution in [3.63, 3.8) is 0 Å². The molecule has 1 amide bonds. The van der Waals surface area contributed by atoms with Crippen molar-refractivity contribution in [2.75, 3.05) is 13.1 Å². The molecule has 3 nitrogen and oxygen atoms in total. The number of likely N-dealkylation sites (tertiary alicyclic amines) is 1. The van der Waals surface area contributed by atoms with Gasteiger partial charge in [0.2, 0.25) is 5.91 Å². The van der Waals surface area contributed by atoms with Gasteiger partial charge in [-0.3, -0.25) is 4.79 Å². The molecule has 2 N–H and O–H groups in total.